The Morgan fingerprint density at radius 2 is 1.45 bits per heavy atom. The fourth-order valence-corrected chi connectivity index (χ4v) is 2.15. The molecule has 2 aromatic heterocycles. The Morgan fingerprint density at radius 1 is 0.897 bits per heavy atom. The SMILES string of the molecule is Nc1nc(Cl)cc(=NCCCCO)n1O.Nc1nccc(=NCCCCO)n1O. The second-order valence-electron chi connectivity index (χ2n) is 5.70. The van der Waals surface area contributed by atoms with E-state index in [9.17, 15) is 10.4 Å². The van der Waals surface area contributed by atoms with Crippen LogP contribution >= 0.6 is 11.6 Å². The van der Waals surface area contributed by atoms with Crippen molar-refractivity contribution in [3.05, 3.63) is 34.5 Å². The van der Waals surface area contributed by atoms with Crippen molar-refractivity contribution < 1.29 is 20.6 Å². The first-order chi connectivity index (χ1) is 13.9. The minimum Gasteiger partial charge on any atom is -0.423 e. The number of nitrogen functional groups attached to an aromatic ring is 2. The van der Waals surface area contributed by atoms with Gasteiger partial charge in [-0.1, -0.05) is 11.6 Å². The smallest absolute Gasteiger partial charge is 0.237 e. The van der Waals surface area contributed by atoms with Gasteiger partial charge >= 0.3 is 0 Å². The van der Waals surface area contributed by atoms with E-state index >= 15 is 0 Å². The zero-order valence-corrected chi connectivity index (χ0v) is 16.6. The van der Waals surface area contributed by atoms with Crippen molar-refractivity contribution in [3.63, 3.8) is 0 Å². The van der Waals surface area contributed by atoms with Crippen LogP contribution in [-0.2, 0) is 0 Å². The summed E-state index contributed by atoms with van der Waals surface area (Å²) in [6.45, 7) is 1.33. The highest BCUT2D eigenvalue weighted by atomic mass is 35.5. The quantitative estimate of drug-likeness (QED) is 0.181. The molecule has 0 aliphatic rings. The lowest BCUT2D eigenvalue weighted by atomic mass is 10.3. The van der Waals surface area contributed by atoms with Crippen molar-refractivity contribution in [2.45, 2.75) is 25.7 Å². The molecule has 2 aromatic rings. The zero-order valence-electron chi connectivity index (χ0n) is 15.9. The number of nitrogens with zero attached hydrogens (tertiary/aromatic N) is 6. The van der Waals surface area contributed by atoms with Crippen LogP contribution in [0.5, 0.6) is 0 Å². The number of anilines is 2. The summed E-state index contributed by atoms with van der Waals surface area (Å²) in [6.07, 6.45) is 4.36. The van der Waals surface area contributed by atoms with E-state index in [0.717, 1.165) is 17.6 Å². The summed E-state index contributed by atoms with van der Waals surface area (Å²) in [6, 6.07) is 2.98. The molecule has 0 saturated heterocycles. The van der Waals surface area contributed by atoms with Crippen molar-refractivity contribution in [2.75, 3.05) is 37.8 Å². The third kappa shape index (κ3) is 8.81. The summed E-state index contributed by atoms with van der Waals surface area (Å²) >= 11 is 5.65. The molecule has 0 aliphatic carbocycles. The van der Waals surface area contributed by atoms with Gasteiger partial charge in [0.1, 0.15) is 5.15 Å². The van der Waals surface area contributed by atoms with Gasteiger partial charge in [-0.15, -0.1) is 9.46 Å². The van der Waals surface area contributed by atoms with Crippen LogP contribution in [0.1, 0.15) is 25.7 Å². The number of hydrogen-bond acceptors (Lipinski definition) is 10. The fraction of sp³-hybridized carbons (Fsp3) is 0.500. The van der Waals surface area contributed by atoms with Crippen LogP contribution in [0.15, 0.2) is 28.3 Å². The Bertz CT molecular complexity index is 884. The van der Waals surface area contributed by atoms with E-state index in [1.165, 1.54) is 12.3 Å². The number of aliphatic hydroxyl groups is 2. The second kappa shape index (κ2) is 13.4. The Labute approximate surface area is 172 Å². The van der Waals surface area contributed by atoms with Crippen molar-refractivity contribution in [1.29, 1.82) is 0 Å². The van der Waals surface area contributed by atoms with Gasteiger partial charge in [0.2, 0.25) is 11.9 Å². The lowest BCUT2D eigenvalue weighted by Crippen LogP contribution is -2.23. The van der Waals surface area contributed by atoms with E-state index in [0.29, 0.717) is 36.1 Å². The molecule has 8 N–H and O–H groups in total. The van der Waals surface area contributed by atoms with Gasteiger partial charge in [-0.2, -0.15) is 0 Å². The minimum atomic E-state index is -0.108. The first-order valence-electron chi connectivity index (χ1n) is 8.90. The molecule has 2 heterocycles. The van der Waals surface area contributed by atoms with Gasteiger partial charge in [-0.05, 0) is 25.7 Å². The van der Waals surface area contributed by atoms with Crippen LogP contribution in [0.4, 0.5) is 11.9 Å². The zero-order chi connectivity index (χ0) is 21.6. The number of hydrogen-bond donors (Lipinski definition) is 6. The Balaban J connectivity index is 0.000000291. The molecule has 162 valence electrons. The van der Waals surface area contributed by atoms with Gasteiger partial charge in [0.05, 0.1) is 0 Å². The monoisotopic (exact) mass is 430 g/mol. The molecule has 0 aliphatic heterocycles. The first kappa shape index (κ1) is 24.2. The summed E-state index contributed by atoms with van der Waals surface area (Å²) in [5.74, 6) is -0.100. The lowest BCUT2D eigenvalue weighted by molar-refractivity contribution is 0.174. The number of aromatic nitrogens is 4. The van der Waals surface area contributed by atoms with Gasteiger partial charge in [0.15, 0.2) is 11.0 Å². The van der Waals surface area contributed by atoms with Gasteiger partial charge in [0.25, 0.3) is 0 Å². The van der Waals surface area contributed by atoms with E-state index < -0.39 is 0 Å². The van der Waals surface area contributed by atoms with E-state index in [1.807, 2.05) is 0 Å². The van der Waals surface area contributed by atoms with Crippen LogP contribution in [-0.4, -0.2) is 66.4 Å². The summed E-state index contributed by atoms with van der Waals surface area (Å²) in [4.78, 5) is 15.5. The van der Waals surface area contributed by atoms with E-state index in [1.54, 1.807) is 6.07 Å². The third-order valence-corrected chi connectivity index (χ3v) is 3.64. The highest BCUT2D eigenvalue weighted by Gasteiger charge is 2.00. The van der Waals surface area contributed by atoms with E-state index in [-0.39, 0.29) is 35.8 Å². The number of nitrogens with two attached hydrogens (primary N) is 2. The lowest BCUT2D eigenvalue weighted by Gasteiger charge is -2.02. The van der Waals surface area contributed by atoms with Crippen LogP contribution < -0.4 is 22.4 Å². The topological polar surface area (TPSA) is 193 Å². The summed E-state index contributed by atoms with van der Waals surface area (Å²) in [5.41, 5.74) is 11.3. The summed E-state index contributed by atoms with van der Waals surface area (Å²) in [7, 11) is 0. The third-order valence-electron chi connectivity index (χ3n) is 3.45. The Morgan fingerprint density at radius 3 is 2.03 bits per heavy atom. The van der Waals surface area contributed by atoms with Crippen LogP contribution in [0.25, 0.3) is 0 Å². The average molecular weight is 431 g/mol. The average Bonchev–Trinajstić information content (AvgIpc) is 2.69. The van der Waals surface area contributed by atoms with Crippen molar-refractivity contribution in [1.82, 2.24) is 19.4 Å². The number of halogens is 1. The largest absolute Gasteiger partial charge is 0.423 e. The molecule has 13 heteroatoms. The van der Waals surface area contributed by atoms with Gasteiger partial charge in [-0.25, -0.2) is 9.97 Å². The maximum atomic E-state index is 9.41. The molecule has 2 rings (SSSR count). The summed E-state index contributed by atoms with van der Waals surface area (Å²) < 4.78 is 1.41. The highest BCUT2D eigenvalue weighted by molar-refractivity contribution is 6.29. The van der Waals surface area contributed by atoms with Gasteiger partial charge in [-0.3, -0.25) is 9.98 Å². The van der Waals surface area contributed by atoms with E-state index in [4.69, 9.17) is 33.3 Å². The van der Waals surface area contributed by atoms with Crippen molar-refractivity contribution in [2.24, 2.45) is 9.98 Å². The molecular weight excluding hydrogens is 404 g/mol. The molecule has 0 radical (unpaired) electrons. The molecule has 0 bridgehead atoms. The maximum absolute atomic E-state index is 9.41. The van der Waals surface area contributed by atoms with Gasteiger partial charge < -0.3 is 32.1 Å². The minimum absolute atomic E-state index is 0.00779. The molecule has 0 fully saturated rings. The second-order valence-corrected chi connectivity index (χ2v) is 6.09. The molecule has 29 heavy (non-hydrogen) atoms. The molecule has 0 saturated carbocycles. The Hall–Kier alpha value is -2.83. The number of aliphatic hydroxyl groups excluding tert-OH is 2. The molecule has 0 amide bonds. The fourth-order valence-electron chi connectivity index (χ4n) is 1.96. The van der Waals surface area contributed by atoms with Crippen molar-refractivity contribution in [3.8, 4) is 0 Å². The standard InChI is InChI=1S/C8H13ClN4O2.C8H14N4O2/c9-6-5-7(11-3-1-2-4-14)13(15)8(10)12-6;9-8-11-5-3-7(12(8)14)10-4-1-2-6-13/h5,14-15H,1-4H2,(H2,10,12);3,5,13-14H,1-2,4,6H2,(H2,9,11). The van der Waals surface area contributed by atoms with Crippen LogP contribution in [0.2, 0.25) is 5.15 Å². The first-order valence-corrected chi connectivity index (χ1v) is 9.28. The van der Waals surface area contributed by atoms with Crippen LogP contribution in [0.3, 0.4) is 0 Å². The maximum Gasteiger partial charge on any atom is 0.237 e. The van der Waals surface area contributed by atoms with Crippen molar-refractivity contribution >= 4 is 23.5 Å². The molecule has 0 atom stereocenters. The van der Waals surface area contributed by atoms with Crippen LogP contribution in [0, 0.1) is 0 Å². The molecule has 0 aromatic carbocycles. The number of unbranched alkanes of at least 4 members (excludes halogenated alkanes) is 2. The molecule has 12 nitrogen and oxygen atoms in total. The molecule has 0 unspecified atom stereocenters. The molecule has 0 spiro atoms. The molecular formula is C16H27ClN8O4. The van der Waals surface area contributed by atoms with Gasteiger partial charge in [0, 0.05) is 44.6 Å². The van der Waals surface area contributed by atoms with E-state index in [2.05, 4.69) is 20.0 Å². The predicted molar refractivity (Wildman–Crippen MR) is 106 cm³/mol. The highest BCUT2D eigenvalue weighted by Crippen LogP contribution is 2.01. The summed E-state index contributed by atoms with van der Waals surface area (Å²) in [5, 5.41) is 36.0. The number of rotatable bonds is 8. The normalized spacial score (nSPS) is 12.0. The predicted octanol–water partition coefficient (Wildman–Crippen LogP) is -0.595. The Kier molecular flexibility index (Phi) is 11.2.